The van der Waals surface area contributed by atoms with Crippen molar-refractivity contribution in [3.63, 3.8) is 0 Å². The summed E-state index contributed by atoms with van der Waals surface area (Å²) in [5.41, 5.74) is 0.845. The molecule has 0 aromatic rings. The molecule has 0 rings (SSSR count). The van der Waals surface area contributed by atoms with Crippen molar-refractivity contribution in [3.8, 4) is 0 Å². The van der Waals surface area contributed by atoms with E-state index in [1.54, 1.807) is 6.92 Å². The SMILES string of the molecule is C=C(C)C(=O)OCCCCCCCCCCCCCCCCCC.C=C(CCCCCCCCCCCCC)C(=O)O. The number of unbranched alkanes of at least 4 members (excludes halogenated alkanes) is 25. The molecule has 42 heavy (non-hydrogen) atoms. The molecule has 0 bridgehead atoms. The molecule has 0 atom stereocenters. The Balaban J connectivity index is 0. The molecule has 4 heteroatoms. The molecule has 0 aromatic carbocycles. The fraction of sp³-hybridized carbons (Fsp3) is 0.842. The van der Waals surface area contributed by atoms with Gasteiger partial charge >= 0.3 is 11.9 Å². The molecule has 0 fully saturated rings. The summed E-state index contributed by atoms with van der Waals surface area (Å²) in [6.45, 7) is 13.9. The normalized spacial score (nSPS) is 10.6. The summed E-state index contributed by atoms with van der Waals surface area (Å²) in [5.74, 6) is -1.10. The largest absolute Gasteiger partial charge is 0.478 e. The molecule has 0 aliphatic rings. The third-order valence-electron chi connectivity index (χ3n) is 7.96. The fourth-order valence-corrected chi connectivity index (χ4v) is 5.05. The minimum Gasteiger partial charge on any atom is -0.478 e. The van der Waals surface area contributed by atoms with E-state index >= 15 is 0 Å². The van der Waals surface area contributed by atoms with Crippen LogP contribution in [-0.2, 0) is 14.3 Å². The van der Waals surface area contributed by atoms with Gasteiger partial charge in [-0.25, -0.2) is 9.59 Å². The summed E-state index contributed by atoms with van der Waals surface area (Å²) in [6.07, 6.45) is 36.6. The summed E-state index contributed by atoms with van der Waals surface area (Å²) < 4.78 is 5.08. The van der Waals surface area contributed by atoms with Crippen LogP contribution in [0.4, 0.5) is 0 Å². The summed E-state index contributed by atoms with van der Waals surface area (Å²) in [6, 6.07) is 0. The van der Waals surface area contributed by atoms with Crippen molar-refractivity contribution in [2.45, 2.75) is 201 Å². The average molecular weight is 593 g/mol. The van der Waals surface area contributed by atoms with Crippen molar-refractivity contribution in [1.29, 1.82) is 0 Å². The predicted octanol–water partition coefficient (Wildman–Crippen LogP) is 12.7. The third kappa shape index (κ3) is 36.4. The molecule has 1 N–H and O–H groups in total. The van der Waals surface area contributed by atoms with Crippen molar-refractivity contribution in [3.05, 3.63) is 24.3 Å². The minimum atomic E-state index is -0.845. The van der Waals surface area contributed by atoms with E-state index in [2.05, 4.69) is 27.0 Å². The topological polar surface area (TPSA) is 63.6 Å². The first-order valence-electron chi connectivity index (χ1n) is 18.1. The first-order valence-corrected chi connectivity index (χ1v) is 18.1. The lowest BCUT2D eigenvalue weighted by Crippen LogP contribution is -2.05. The summed E-state index contributed by atoms with van der Waals surface area (Å²) in [7, 11) is 0. The average Bonchev–Trinajstić information content (AvgIpc) is 2.97. The van der Waals surface area contributed by atoms with Crippen molar-refractivity contribution in [1.82, 2.24) is 0 Å². The van der Waals surface area contributed by atoms with Crippen LogP contribution in [-0.4, -0.2) is 23.7 Å². The highest BCUT2D eigenvalue weighted by molar-refractivity contribution is 5.86. The zero-order valence-electron chi connectivity index (χ0n) is 28.6. The van der Waals surface area contributed by atoms with Gasteiger partial charge in [-0.2, -0.15) is 0 Å². The Hall–Kier alpha value is -1.58. The van der Waals surface area contributed by atoms with E-state index in [0.29, 0.717) is 24.2 Å². The van der Waals surface area contributed by atoms with Crippen LogP contribution >= 0.6 is 0 Å². The lowest BCUT2D eigenvalue weighted by atomic mass is 10.0. The van der Waals surface area contributed by atoms with E-state index in [-0.39, 0.29) is 5.97 Å². The maximum absolute atomic E-state index is 11.2. The smallest absolute Gasteiger partial charge is 0.333 e. The van der Waals surface area contributed by atoms with Crippen molar-refractivity contribution in [2.75, 3.05) is 6.61 Å². The minimum absolute atomic E-state index is 0.254. The lowest BCUT2D eigenvalue weighted by Gasteiger charge is -2.05. The predicted molar refractivity (Wildman–Crippen MR) is 183 cm³/mol. The standard InChI is InChI=1S/C22H42O2.C16H30O2/c1-4-5-6-7-8-9-10-11-12-13-14-15-16-17-18-19-20-24-22(23)21(2)3;1-3-4-5-6-7-8-9-10-11-12-13-14-15(2)16(17)18/h2,4-20H2,1,3H3;2-14H2,1H3,(H,17,18). The Morgan fingerprint density at radius 3 is 1.07 bits per heavy atom. The second-order valence-electron chi connectivity index (χ2n) is 12.4. The van der Waals surface area contributed by atoms with Crippen LogP contribution in [0.1, 0.15) is 201 Å². The van der Waals surface area contributed by atoms with Gasteiger partial charge in [0.15, 0.2) is 0 Å². The van der Waals surface area contributed by atoms with Crippen LogP contribution in [0.5, 0.6) is 0 Å². The van der Waals surface area contributed by atoms with E-state index in [0.717, 1.165) is 19.3 Å². The quantitative estimate of drug-likeness (QED) is 0.0494. The number of aliphatic carboxylic acids is 1. The second kappa shape index (κ2) is 35.6. The number of carbonyl (C=O) groups excluding carboxylic acids is 1. The van der Waals surface area contributed by atoms with Gasteiger partial charge in [-0.05, 0) is 26.2 Å². The van der Waals surface area contributed by atoms with E-state index in [1.807, 2.05) is 0 Å². The van der Waals surface area contributed by atoms with Crippen LogP contribution in [0, 0.1) is 0 Å². The molecule has 0 saturated carbocycles. The molecule has 0 aromatic heterocycles. The van der Waals surface area contributed by atoms with E-state index in [1.165, 1.54) is 154 Å². The molecule has 4 nitrogen and oxygen atoms in total. The molecule has 0 saturated heterocycles. The summed E-state index contributed by atoms with van der Waals surface area (Å²) in [5, 5.41) is 8.64. The molecule has 0 aliphatic carbocycles. The fourth-order valence-electron chi connectivity index (χ4n) is 5.05. The van der Waals surface area contributed by atoms with Gasteiger partial charge < -0.3 is 9.84 Å². The zero-order valence-corrected chi connectivity index (χ0v) is 28.6. The van der Waals surface area contributed by atoms with Crippen LogP contribution in [0.25, 0.3) is 0 Å². The number of ether oxygens (including phenoxy) is 1. The Morgan fingerprint density at radius 1 is 0.500 bits per heavy atom. The highest BCUT2D eigenvalue weighted by Gasteiger charge is 2.03. The molecular formula is C38H72O4. The first-order chi connectivity index (χ1) is 20.4. The van der Waals surface area contributed by atoms with Crippen LogP contribution in [0.2, 0.25) is 0 Å². The highest BCUT2D eigenvalue weighted by atomic mass is 16.5. The Bertz CT molecular complexity index is 625. The molecule has 0 aliphatic heterocycles. The van der Waals surface area contributed by atoms with Gasteiger partial charge in [0.1, 0.15) is 0 Å². The number of rotatable bonds is 31. The summed E-state index contributed by atoms with van der Waals surface area (Å²) in [4.78, 5) is 21.7. The van der Waals surface area contributed by atoms with Gasteiger partial charge in [-0.3, -0.25) is 0 Å². The van der Waals surface area contributed by atoms with Crippen molar-refractivity contribution >= 4 is 11.9 Å². The molecule has 0 radical (unpaired) electrons. The van der Waals surface area contributed by atoms with E-state index < -0.39 is 5.97 Å². The van der Waals surface area contributed by atoms with Gasteiger partial charge in [-0.15, -0.1) is 0 Å². The van der Waals surface area contributed by atoms with Crippen molar-refractivity contribution < 1.29 is 19.4 Å². The van der Waals surface area contributed by atoms with Gasteiger partial charge in [0.2, 0.25) is 0 Å². The Morgan fingerprint density at radius 2 is 0.786 bits per heavy atom. The van der Waals surface area contributed by atoms with Gasteiger partial charge in [0, 0.05) is 11.1 Å². The monoisotopic (exact) mass is 593 g/mol. The number of hydrogen-bond acceptors (Lipinski definition) is 3. The summed E-state index contributed by atoms with van der Waals surface area (Å²) >= 11 is 0. The van der Waals surface area contributed by atoms with Gasteiger partial charge in [0.25, 0.3) is 0 Å². The zero-order chi connectivity index (χ0) is 31.5. The maximum Gasteiger partial charge on any atom is 0.333 e. The first kappa shape index (κ1) is 42.6. The lowest BCUT2D eigenvalue weighted by molar-refractivity contribution is -0.139. The maximum atomic E-state index is 11.2. The van der Waals surface area contributed by atoms with Crippen LogP contribution < -0.4 is 0 Å². The molecule has 0 amide bonds. The molecule has 248 valence electrons. The number of carbonyl (C=O) groups is 2. The van der Waals surface area contributed by atoms with E-state index in [9.17, 15) is 9.59 Å². The molecule has 0 unspecified atom stereocenters. The van der Waals surface area contributed by atoms with Crippen LogP contribution in [0.15, 0.2) is 24.3 Å². The molecular weight excluding hydrogens is 520 g/mol. The Labute approximate surface area is 262 Å². The Kier molecular flexibility index (Phi) is 36.1. The number of esters is 1. The van der Waals surface area contributed by atoms with Gasteiger partial charge in [0.05, 0.1) is 6.61 Å². The van der Waals surface area contributed by atoms with Crippen molar-refractivity contribution in [2.24, 2.45) is 0 Å². The number of carboxylic acid groups (broad SMARTS) is 1. The van der Waals surface area contributed by atoms with Gasteiger partial charge in [-0.1, -0.05) is 188 Å². The third-order valence-corrected chi connectivity index (χ3v) is 7.96. The van der Waals surface area contributed by atoms with Crippen LogP contribution in [0.3, 0.4) is 0 Å². The number of hydrogen-bond donors (Lipinski definition) is 1. The number of carboxylic acids is 1. The van der Waals surface area contributed by atoms with E-state index in [4.69, 9.17) is 9.84 Å². The molecule has 0 spiro atoms. The molecule has 0 heterocycles. The second-order valence-corrected chi connectivity index (χ2v) is 12.4. The highest BCUT2D eigenvalue weighted by Crippen LogP contribution is 2.15.